The third-order valence-corrected chi connectivity index (χ3v) is 3.17. The van der Waals surface area contributed by atoms with Gasteiger partial charge in [0.25, 0.3) is 0 Å². The van der Waals surface area contributed by atoms with E-state index in [-0.39, 0.29) is 6.61 Å². The third-order valence-electron chi connectivity index (χ3n) is 2.76. The number of ether oxygens (including phenoxy) is 1. The summed E-state index contributed by atoms with van der Waals surface area (Å²) in [4.78, 5) is 11.5. The fourth-order valence-electron chi connectivity index (χ4n) is 1.16. The summed E-state index contributed by atoms with van der Waals surface area (Å²) in [5, 5.41) is 3.21. The van der Waals surface area contributed by atoms with Crippen molar-refractivity contribution in [1.29, 1.82) is 0 Å². The van der Waals surface area contributed by atoms with Crippen LogP contribution >= 0.6 is 11.6 Å². The molecule has 3 N–H and O–H groups in total. The van der Waals surface area contributed by atoms with Crippen LogP contribution in [0.3, 0.4) is 0 Å². The smallest absolute Gasteiger partial charge is 0.411 e. The number of anilines is 1. The second-order valence-corrected chi connectivity index (χ2v) is 5.08. The molecular formula is C13H19ClN2O2. The van der Waals surface area contributed by atoms with Crippen LogP contribution in [-0.4, -0.2) is 18.2 Å². The molecule has 0 aliphatic carbocycles. The van der Waals surface area contributed by atoms with E-state index in [0.717, 1.165) is 12.0 Å². The normalized spacial score (nSPS) is 13.8. The van der Waals surface area contributed by atoms with E-state index in [1.54, 1.807) is 12.1 Å². The Balaban J connectivity index is 2.52. The van der Waals surface area contributed by atoms with E-state index >= 15 is 0 Å². The van der Waals surface area contributed by atoms with Gasteiger partial charge in [0, 0.05) is 16.2 Å². The lowest BCUT2D eigenvalue weighted by Crippen LogP contribution is -2.41. The quantitative estimate of drug-likeness (QED) is 0.882. The molecule has 4 nitrogen and oxygen atoms in total. The maximum absolute atomic E-state index is 11.5. The van der Waals surface area contributed by atoms with Crippen molar-refractivity contribution < 1.29 is 9.53 Å². The van der Waals surface area contributed by atoms with E-state index in [1.165, 1.54) is 0 Å². The highest BCUT2D eigenvalue weighted by Crippen LogP contribution is 2.20. The largest absolute Gasteiger partial charge is 0.447 e. The maximum atomic E-state index is 11.5. The molecule has 0 heterocycles. The predicted octanol–water partition coefficient (Wildman–Crippen LogP) is 3.32. The number of carbonyl (C=O) groups is 1. The Hall–Kier alpha value is -1.26. The van der Waals surface area contributed by atoms with Crippen molar-refractivity contribution in [3.8, 4) is 0 Å². The Labute approximate surface area is 112 Å². The van der Waals surface area contributed by atoms with Crippen molar-refractivity contribution in [2.45, 2.75) is 32.7 Å². The zero-order valence-corrected chi connectivity index (χ0v) is 11.7. The van der Waals surface area contributed by atoms with Gasteiger partial charge in [-0.15, -0.1) is 0 Å². The predicted molar refractivity (Wildman–Crippen MR) is 74.0 cm³/mol. The number of amides is 1. The second-order valence-electron chi connectivity index (χ2n) is 4.67. The number of aryl methyl sites for hydroxylation is 1. The minimum absolute atomic E-state index is 0.176. The number of nitrogens with two attached hydrogens (primary N) is 1. The highest BCUT2D eigenvalue weighted by molar-refractivity contribution is 6.31. The lowest BCUT2D eigenvalue weighted by molar-refractivity contribution is 0.132. The number of halogens is 1. The van der Waals surface area contributed by atoms with Crippen LogP contribution in [-0.2, 0) is 4.74 Å². The first-order valence-electron chi connectivity index (χ1n) is 5.83. The van der Waals surface area contributed by atoms with Crippen LogP contribution in [0.4, 0.5) is 10.5 Å². The maximum Gasteiger partial charge on any atom is 0.411 e. The molecule has 0 aliphatic heterocycles. The lowest BCUT2D eigenvalue weighted by atomic mass is 10.0. The molecular weight excluding hydrogens is 252 g/mol. The third kappa shape index (κ3) is 4.55. The zero-order valence-electron chi connectivity index (χ0n) is 10.9. The zero-order chi connectivity index (χ0) is 13.8. The van der Waals surface area contributed by atoms with Gasteiger partial charge in [0.15, 0.2) is 0 Å². The van der Waals surface area contributed by atoms with Crippen LogP contribution in [0.5, 0.6) is 0 Å². The molecule has 0 bridgehead atoms. The van der Waals surface area contributed by atoms with E-state index < -0.39 is 11.6 Å². The van der Waals surface area contributed by atoms with Crippen molar-refractivity contribution in [2.24, 2.45) is 5.73 Å². The molecule has 1 unspecified atom stereocenters. The number of nitrogens with one attached hydrogen (secondary N) is 1. The highest BCUT2D eigenvalue weighted by Gasteiger charge is 2.18. The van der Waals surface area contributed by atoms with Gasteiger partial charge in [-0.3, -0.25) is 5.32 Å². The second kappa shape index (κ2) is 6.07. The summed E-state index contributed by atoms with van der Waals surface area (Å²) in [5.74, 6) is 0. The van der Waals surface area contributed by atoms with E-state index in [0.29, 0.717) is 10.7 Å². The van der Waals surface area contributed by atoms with Gasteiger partial charge in [-0.05, 0) is 38.0 Å². The molecule has 18 heavy (non-hydrogen) atoms. The molecule has 1 atom stereocenters. The van der Waals surface area contributed by atoms with Gasteiger partial charge in [0.05, 0.1) is 0 Å². The van der Waals surface area contributed by atoms with E-state index in [4.69, 9.17) is 22.1 Å². The topological polar surface area (TPSA) is 64.3 Å². The first kappa shape index (κ1) is 14.8. The monoisotopic (exact) mass is 270 g/mol. The first-order chi connectivity index (χ1) is 8.34. The Kier molecular flexibility index (Phi) is 4.99. The van der Waals surface area contributed by atoms with Gasteiger partial charge in [-0.2, -0.15) is 0 Å². The fourth-order valence-corrected chi connectivity index (χ4v) is 1.34. The minimum atomic E-state index is -0.528. The van der Waals surface area contributed by atoms with Crippen molar-refractivity contribution in [3.63, 3.8) is 0 Å². The number of hydrogen-bond donors (Lipinski definition) is 2. The average molecular weight is 271 g/mol. The van der Waals surface area contributed by atoms with Crippen LogP contribution in [0, 0.1) is 6.92 Å². The Morgan fingerprint density at radius 1 is 1.56 bits per heavy atom. The van der Waals surface area contributed by atoms with Crippen LogP contribution in [0.25, 0.3) is 0 Å². The molecule has 0 aromatic heterocycles. The first-order valence-corrected chi connectivity index (χ1v) is 6.20. The molecule has 1 rings (SSSR count). The molecule has 1 amide bonds. The molecule has 0 saturated carbocycles. The van der Waals surface area contributed by atoms with E-state index in [9.17, 15) is 4.79 Å². The Morgan fingerprint density at radius 2 is 2.22 bits per heavy atom. The summed E-state index contributed by atoms with van der Waals surface area (Å²) in [5.41, 5.74) is 6.94. The fraction of sp³-hybridized carbons (Fsp3) is 0.462. The standard InChI is InChI=1S/C13H19ClN2O2/c1-4-13(3,15)8-18-12(17)16-10-6-5-9(2)11(14)7-10/h5-7H,4,8,15H2,1-3H3,(H,16,17). The Bertz CT molecular complexity index is 433. The van der Waals surface area contributed by atoms with Crippen molar-refractivity contribution in [2.75, 3.05) is 11.9 Å². The molecule has 100 valence electrons. The van der Waals surface area contributed by atoms with Gasteiger partial charge >= 0.3 is 6.09 Å². The average Bonchev–Trinajstić information content (AvgIpc) is 2.32. The van der Waals surface area contributed by atoms with Gasteiger partial charge in [-0.1, -0.05) is 24.6 Å². The molecule has 0 fully saturated rings. The summed E-state index contributed by atoms with van der Waals surface area (Å²) in [6.45, 7) is 5.85. The van der Waals surface area contributed by atoms with Crippen molar-refractivity contribution >= 4 is 23.4 Å². The van der Waals surface area contributed by atoms with Crippen LogP contribution in [0.1, 0.15) is 25.8 Å². The number of hydrogen-bond acceptors (Lipinski definition) is 3. The number of rotatable bonds is 4. The highest BCUT2D eigenvalue weighted by atomic mass is 35.5. The summed E-state index contributed by atoms with van der Waals surface area (Å²) < 4.78 is 5.05. The van der Waals surface area contributed by atoms with Crippen molar-refractivity contribution in [3.05, 3.63) is 28.8 Å². The molecule has 0 spiro atoms. The van der Waals surface area contributed by atoms with Crippen molar-refractivity contribution in [1.82, 2.24) is 0 Å². The minimum Gasteiger partial charge on any atom is -0.447 e. The number of carbonyl (C=O) groups excluding carboxylic acids is 1. The summed E-state index contributed by atoms with van der Waals surface area (Å²) in [6, 6.07) is 5.28. The Morgan fingerprint density at radius 3 is 2.78 bits per heavy atom. The summed E-state index contributed by atoms with van der Waals surface area (Å²) >= 11 is 5.96. The molecule has 5 heteroatoms. The van der Waals surface area contributed by atoms with Crippen LogP contribution in [0.2, 0.25) is 5.02 Å². The van der Waals surface area contributed by atoms with E-state index in [2.05, 4.69) is 5.32 Å². The van der Waals surface area contributed by atoms with Gasteiger partial charge in [-0.25, -0.2) is 4.79 Å². The SMILES string of the molecule is CCC(C)(N)COC(=O)Nc1ccc(C)c(Cl)c1. The summed E-state index contributed by atoms with van der Waals surface area (Å²) in [7, 11) is 0. The molecule has 1 aromatic rings. The van der Waals surface area contributed by atoms with Gasteiger partial charge in [0.2, 0.25) is 0 Å². The van der Waals surface area contributed by atoms with Gasteiger partial charge in [0.1, 0.15) is 6.61 Å². The molecule has 0 saturated heterocycles. The summed E-state index contributed by atoms with van der Waals surface area (Å²) in [6.07, 6.45) is 0.205. The van der Waals surface area contributed by atoms with Gasteiger partial charge < -0.3 is 10.5 Å². The van der Waals surface area contributed by atoms with Crippen LogP contribution < -0.4 is 11.1 Å². The molecule has 0 aliphatic rings. The lowest BCUT2D eigenvalue weighted by Gasteiger charge is -2.22. The van der Waals surface area contributed by atoms with Crippen LogP contribution in [0.15, 0.2) is 18.2 Å². The molecule has 0 radical (unpaired) electrons. The van der Waals surface area contributed by atoms with E-state index in [1.807, 2.05) is 26.8 Å². The number of benzene rings is 1. The molecule has 1 aromatic carbocycles.